The quantitative estimate of drug-likeness (QED) is 0.0421. The molecule has 4 heteroatoms. The number of unbranched alkanes of at least 4 members (excludes halogenated alkanes) is 41. The predicted octanol–water partition coefficient (Wildman–Crippen LogP) is 19.4. The van der Waals surface area contributed by atoms with Crippen molar-refractivity contribution >= 4 is 5.91 Å². The van der Waals surface area contributed by atoms with Crippen molar-refractivity contribution in [3.63, 3.8) is 0 Å². The standard InChI is InChI=1S/C61H115NO3/c1-3-5-7-9-11-13-15-17-19-21-23-25-27-29-30-31-32-33-35-37-39-41-43-45-47-49-51-53-55-57-61(65)62-59(58-63)60(64)56-54-52-50-48-46-44-42-40-38-36-34-28-26-24-22-20-18-16-14-12-10-8-6-4-2/h23,25,29-30,46,48,54,56,59-60,63-64H,3-22,24,26-28,31-45,47,49-53,55,57-58H2,1-2H3,(H,62,65)/b25-23-,30-29-,48-46+,56-54+. The molecule has 0 aromatic heterocycles. The van der Waals surface area contributed by atoms with Crippen LogP contribution in [-0.4, -0.2) is 34.9 Å². The molecule has 0 aromatic rings. The summed E-state index contributed by atoms with van der Waals surface area (Å²) in [5.74, 6) is -0.0714. The molecule has 0 radical (unpaired) electrons. The van der Waals surface area contributed by atoms with Crippen molar-refractivity contribution in [3.05, 3.63) is 48.6 Å². The third-order valence-corrected chi connectivity index (χ3v) is 13.5. The van der Waals surface area contributed by atoms with Crippen LogP contribution in [0.3, 0.4) is 0 Å². The lowest BCUT2D eigenvalue weighted by Gasteiger charge is -2.19. The molecule has 0 fully saturated rings. The minimum absolute atomic E-state index is 0.0714. The highest BCUT2D eigenvalue weighted by Gasteiger charge is 2.18. The van der Waals surface area contributed by atoms with E-state index in [0.29, 0.717) is 6.42 Å². The number of nitrogens with one attached hydrogen (secondary N) is 1. The largest absolute Gasteiger partial charge is 0.394 e. The first-order valence-electron chi connectivity index (χ1n) is 29.4. The number of aliphatic hydroxyl groups excluding tert-OH is 2. The van der Waals surface area contributed by atoms with E-state index in [0.717, 1.165) is 38.5 Å². The lowest BCUT2D eigenvalue weighted by molar-refractivity contribution is -0.123. The van der Waals surface area contributed by atoms with Crippen molar-refractivity contribution in [1.82, 2.24) is 5.32 Å². The summed E-state index contributed by atoms with van der Waals surface area (Å²) in [4.78, 5) is 12.5. The summed E-state index contributed by atoms with van der Waals surface area (Å²) in [6.45, 7) is 4.33. The molecule has 65 heavy (non-hydrogen) atoms. The van der Waals surface area contributed by atoms with E-state index in [-0.39, 0.29) is 12.5 Å². The van der Waals surface area contributed by atoms with Crippen LogP contribution in [0.15, 0.2) is 48.6 Å². The zero-order valence-electron chi connectivity index (χ0n) is 44.0. The molecule has 1 amide bonds. The Balaban J connectivity index is 3.52. The van der Waals surface area contributed by atoms with E-state index in [9.17, 15) is 15.0 Å². The fourth-order valence-electron chi connectivity index (χ4n) is 9.05. The van der Waals surface area contributed by atoms with Crippen molar-refractivity contribution in [1.29, 1.82) is 0 Å². The number of aliphatic hydroxyl groups is 2. The smallest absolute Gasteiger partial charge is 0.220 e. The van der Waals surface area contributed by atoms with Crippen LogP contribution in [0.5, 0.6) is 0 Å². The van der Waals surface area contributed by atoms with Gasteiger partial charge in [-0.25, -0.2) is 0 Å². The summed E-state index contributed by atoms with van der Waals surface area (Å²) in [6, 6.07) is -0.641. The van der Waals surface area contributed by atoms with Gasteiger partial charge in [-0.2, -0.15) is 0 Å². The van der Waals surface area contributed by atoms with E-state index >= 15 is 0 Å². The van der Waals surface area contributed by atoms with Crippen LogP contribution < -0.4 is 5.32 Å². The van der Waals surface area contributed by atoms with E-state index in [1.807, 2.05) is 6.08 Å². The van der Waals surface area contributed by atoms with Crippen molar-refractivity contribution < 1.29 is 15.0 Å². The average Bonchev–Trinajstić information content (AvgIpc) is 3.31. The molecule has 0 bridgehead atoms. The number of hydrogen-bond donors (Lipinski definition) is 3. The predicted molar refractivity (Wildman–Crippen MR) is 290 cm³/mol. The van der Waals surface area contributed by atoms with Crippen LogP contribution >= 0.6 is 0 Å². The topological polar surface area (TPSA) is 69.6 Å². The van der Waals surface area contributed by atoms with Gasteiger partial charge in [-0.3, -0.25) is 4.79 Å². The second-order valence-electron chi connectivity index (χ2n) is 20.1. The highest BCUT2D eigenvalue weighted by Crippen LogP contribution is 2.17. The summed E-state index contributed by atoms with van der Waals surface area (Å²) in [5, 5.41) is 23.2. The Labute approximate surface area is 407 Å². The van der Waals surface area contributed by atoms with Crippen molar-refractivity contribution in [2.24, 2.45) is 0 Å². The lowest BCUT2D eigenvalue weighted by atomic mass is 10.0. The SMILES string of the molecule is CCCCCCCCCCC/C=C\C/C=C\CCCCCCCCCCCCCCCC(=O)NC(CO)C(O)/C=C/CC/C=C/CCCCCCCCCCCCCCCCCCCC. The number of hydrogen-bond acceptors (Lipinski definition) is 3. The number of rotatable bonds is 54. The maximum Gasteiger partial charge on any atom is 0.220 e. The molecule has 0 spiro atoms. The molecule has 0 saturated carbocycles. The van der Waals surface area contributed by atoms with Gasteiger partial charge in [0, 0.05) is 6.42 Å². The molecule has 0 aromatic carbocycles. The molecule has 3 N–H and O–H groups in total. The monoisotopic (exact) mass is 910 g/mol. The van der Waals surface area contributed by atoms with Crippen molar-refractivity contribution in [2.75, 3.05) is 6.61 Å². The van der Waals surface area contributed by atoms with Gasteiger partial charge in [0.05, 0.1) is 18.8 Å². The summed E-state index contributed by atoms with van der Waals surface area (Å²) < 4.78 is 0. The number of carbonyl (C=O) groups excluding carboxylic acids is 1. The third kappa shape index (κ3) is 53.2. The zero-order chi connectivity index (χ0) is 47.0. The molecule has 0 aliphatic carbocycles. The number of amides is 1. The van der Waals surface area contributed by atoms with Gasteiger partial charge in [0.2, 0.25) is 5.91 Å². The Kier molecular flexibility index (Phi) is 55.2. The van der Waals surface area contributed by atoms with Crippen LogP contribution in [0.1, 0.15) is 316 Å². The Bertz CT molecular complexity index is 1030. The summed E-state index contributed by atoms with van der Waals surface area (Å²) in [6.07, 6.45) is 78.6. The Morgan fingerprint density at radius 3 is 0.985 bits per heavy atom. The van der Waals surface area contributed by atoms with Crippen LogP contribution in [0.4, 0.5) is 0 Å². The molecule has 0 saturated heterocycles. The molecule has 382 valence electrons. The third-order valence-electron chi connectivity index (χ3n) is 13.5. The summed E-state index contributed by atoms with van der Waals surface area (Å²) in [7, 11) is 0. The summed E-state index contributed by atoms with van der Waals surface area (Å²) in [5.41, 5.74) is 0. The van der Waals surface area contributed by atoms with Gasteiger partial charge in [0.1, 0.15) is 0 Å². The molecule has 4 nitrogen and oxygen atoms in total. The second kappa shape index (κ2) is 56.7. The highest BCUT2D eigenvalue weighted by molar-refractivity contribution is 5.76. The van der Waals surface area contributed by atoms with Gasteiger partial charge in [0.25, 0.3) is 0 Å². The van der Waals surface area contributed by atoms with Crippen molar-refractivity contribution in [2.45, 2.75) is 328 Å². The van der Waals surface area contributed by atoms with Crippen molar-refractivity contribution in [3.8, 4) is 0 Å². The first-order chi connectivity index (χ1) is 32.2. The molecule has 0 heterocycles. The Morgan fingerprint density at radius 1 is 0.369 bits per heavy atom. The van der Waals surface area contributed by atoms with E-state index in [1.165, 1.54) is 257 Å². The summed E-state index contributed by atoms with van der Waals surface area (Å²) >= 11 is 0. The molecule has 0 aliphatic rings. The fraction of sp³-hybridized carbons (Fsp3) is 0.852. The molecular formula is C61H115NO3. The highest BCUT2D eigenvalue weighted by atomic mass is 16.3. The normalized spacial score (nSPS) is 13.1. The van der Waals surface area contributed by atoms with Crippen LogP contribution in [0.25, 0.3) is 0 Å². The molecule has 0 aliphatic heterocycles. The van der Waals surface area contributed by atoms with E-state index in [2.05, 4.69) is 55.6 Å². The van der Waals surface area contributed by atoms with Crippen LogP contribution in [0.2, 0.25) is 0 Å². The minimum Gasteiger partial charge on any atom is -0.394 e. The van der Waals surface area contributed by atoms with Gasteiger partial charge in [-0.05, 0) is 64.2 Å². The lowest BCUT2D eigenvalue weighted by Crippen LogP contribution is -2.45. The molecule has 0 rings (SSSR count). The first-order valence-corrected chi connectivity index (χ1v) is 29.4. The van der Waals surface area contributed by atoms with Gasteiger partial charge < -0.3 is 15.5 Å². The van der Waals surface area contributed by atoms with Gasteiger partial charge in [-0.15, -0.1) is 0 Å². The first kappa shape index (κ1) is 63.4. The zero-order valence-corrected chi connectivity index (χ0v) is 44.0. The number of allylic oxidation sites excluding steroid dienone is 7. The van der Waals surface area contributed by atoms with Gasteiger partial charge in [-0.1, -0.05) is 294 Å². The number of carbonyl (C=O) groups is 1. The molecule has 2 unspecified atom stereocenters. The Morgan fingerprint density at radius 2 is 0.646 bits per heavy atom. The van der Waals surface area contributed by atoms with E-state index < -0.39 is 12.1 Å². The second-order valence-corrected chi connectivity index (χ2v) is 20.1. The van der Waals surface area contributed by atoms with Crippen LogP contribution in [-0.2, 0) is 4.79 Å². The Hall–Kier alpha value is -1.65. The maximum absolute atomic E-state index is 12.5. The maximum atomic E-state index is 12.5. The molecule has 2 atom stereocenters. The fourth-order valence-corrected chi connectivity index (χ4v) is 9.05. The van der Waals surface area contributed by atoms with E-state index in [4.69, 9.17) is 0 Å². The van der Waals surface area contributed by atoms with Gasteiger partial charge >= 0.3 is 0 Å². The minimum atomic E-state index is -0.864. The van der Waals surface area contributed by atoms with E-state index in [1.54, 1.807) is 6.08 Å². The molecular weight excluding hydrogens is 795 g/mol. The van der Waals surface area contributed by atoms with Crippen LogP contribution in [0, 0.1) is 0 Å². The van der Waals surface area contributed by atoms with Gasteiger partial charge in [0.15, 0.2) is 0 Å². The average molecular weight is 911 g/mol.